The van der Waals surface area contributed by atoms with Crippen LogP contribution >= 0.6 is 35.6 Å². The number of nitrogens with one attached hydrogen (secondary N) is 3. The van der Waals surface area contributed by atoms with Crippen LogP contribution in [0.25, 0.3) is 0 Å². The highest BCUT2D eigenvalue weighted by atomic mass is 127. The number of nitrogens with zero attached hydrogens (tertiary/aromatic N) is 1. The number of hydrogen-bond donors (Lipinski definition) is 3. The van der Waals surface area contributed by atoms with E-state index in [1.54, 1.807) is 14.2 Å². The van der Waals surface area contributed by atoms with Gasteiger partial charge in [0.1, 0.15) is 5.60 Å². The molecule has 1 rings (SSSR count). The Morgan fingerprint density at radius 3 is 2.40 bits per heavy atom. The summed E-state index contributed by atoms with van der Waals surface area (Å²) in [5.74, 6) is 1.78. The van der Waals surface area contributed by atoms with E-state index < -0.39 is 11.7 Å². The highest BCUT2D eigenvalue weighted by Gasteiger charge is 2.15. The van der Waals surface area contributed by atoms with E-state index in [4.69, 9.17) is 25.8 Å². The number of ether oxygens (including phenoxy) is 3. The Hall–Kier alpha value is -1.62. The standard InChI is InChI=1S/C20H33ClN4O4.HI/c1-7-28-17-15(21)11-14(12-16(17)27-6)13-25-18(22-5)23-9-8-10-24-19(26)29-20(2,3)4;/h11-12H,7-10,13H2,1-6H3,(H,24,26)(H2,22,23,25);1H. The van der Waals surface area contributed by atoms with E-state index in [2.05, 4.69) is 20.9 Å². The third kappa shape index (κ3) is 11.0. The topological polar surface area (TPSA) is 93.2 Å². The van der Waals surface area contributed by atoms with Gasteiger partial charge in [0.25, 0.3) is 0 Å². The van der Waals surface area contributed by atoms with E-state index in [1.807, 2.05) is 39.8 Å². The van der Waals surface area contributed by atoms with Crippen molar-refractivity contribution in [3.05, 3.63) is 22.7 Å². The molecule has 1 amide bonds. The molecule has 0 aliphatic heterocycles. The molecular weight excluding hydrogens is 523 g/mol. The summed E-state index contributed by atoms with van der Waals surface area (Å²) < 4.78 is 16.1. The second-order valence-electron chi connectivity index (χ2n) is 7.18. The van der Waals surface area contributed by atoms with Crippen molar-refractivity contribution < 1.29 is 19.0 Å². The minimum absolute atomic E-state index is 0. The van der Waals surface area contributed by atoms with E-state index in [1.165, 1.54) is 0 Å². The molecule has 0 atom stereocenters. The van der Waals surface area contributed by atoms with Gasteiger partial charge in [-0.15, -0.1) is 24.0 Å². The molecule has 0 saturated heterocycles. The van der Waals surface area contributed by atoms with Crippen molar-refractivity contribution in [3.63, 3.8) is 0 Å². The SMILES string of the molecule is CCOc1c(Cl)cc(CNC(=NC)NCCCNC(=O)OC(C)(C)C)cc1OC.I. The monoisotopic (exact) mass is 556 g/mol. The maximum absolute atomic E-state index is 11.6. The number of halogens is 2. The third-order valence-electron chi connectivity index (χ3n) is 3.58. The molecule has 1 aromatic carbocycles. The molecule has 0 aliphatic rings. The number of hydrogen-bond acceptors (Lipinski definition) is 5. The van der Waals surface area contributed by atoms with E-state index in [-0.39, 0.29) is 24.0 Å². The van der Waals surface area contributed by atoms with Gasteiger partial charge in [0.2, 0.25) is 0 Å². The summed E-state index contributed by atoms with van der Waals surface area (Å²) in [6.45, 7) is 9.55. The van der Waals surface area contributed by atoms with Gasteiger partial charge in [-0.2, -0.15) is 0 Å². The number of guanidine groups is 1. The quantitative estimate of drug-likeness (QED) is 0.185. The second-order valence-corrected chi connectivity index (χ2v) is 7.58. The fraction of sp³-hybridized carbons (Fsp3) is 0.600. The number of alkyl carbamates (subject to hydrolysis) is 1. The predicted molar refractivity (Wildman–Crippen MR) is 132 cm³/mol. The van der Waals surface area contributed by atoms with Crippen molar-refractivity contribution in [3.8, 4) is 11.5 Å². The van der Waals surface area contributed by atoms with E-state index >= 15 is 0 Å². The fourth-order valence-corrected chi connectivity index (χ4v) is 2.65. The summed E-state index contributed by atoms with van der Waals surface area (Å²) in [5, 5.41) is 9.63. The van der Waals surface area contributed by atoms with Gasteiger partial charge in [-0.25, -0.2) is 4.79 Å². The molecule has 1 aromatic rings. The first-order valence-corrected chi connectivity index (χ1v) is 9.98. The summed E-state index contributed by atoms with van der Waals surface area (Å²) in [7, 11) is 3.28. The number of aliphatic imine (C=N–C) groups is 1. The van der Waals surface area contributed by atoms with Crippen molar-refractivity contribution in [2.75, 3.05) is 33.9 Å². The largest absolute Gasteiger partial charge is 0.493 e. The van der Waals surface area contributed by atoms with Crippen LogP contribution in [0.3, 0.4) is 0 Å². The molecular formula is C20H34ClIN4O4. The van der Waals surface area contributed by atoms with Crippen LogP contribution in [0.15, 0.2) is 17.1 Å². The third-order valence-corrected chi connectivity index (χ3v) is 3.86. The van der Waals surface area contributed by atoms with Crippen molar-refractivity contribution in [2.45, 2.75) is 46.3 Å². The number of benzene rings is 1. The average molecular weight is 557 g/mol. The van der Waals surface area contributed by atoms with Gasteiger partial charge in [0.05, 0.1) is 18.7 Å². The Kier molecular flexibility index (Phi) is 13.6. The molecule has 0 heterocycles. The zero-order chi connectivity index (χ0) is 21.9. The Bertz CT molecular complexity index is 696. The second kappa shape index (κ2) is 14.4. The Morgan fingerprint density at radius 1 is 1.17 bits per heavy atom. The lowest BCUT2D eigenvalue weighted by atomic mass is 10.2. The molecule has 8 nitrogen and oxygen atoms in total. The molecule has 0 saturated carbocycles. The smallest absolute Gasteiger partial charge is 0.407 e. The van der Waals surface area contributed by atoms with Gasteiger partial charge in [-0.05, 0) is 51.8 Å². The Labute approximate surface area is 201 Å². The number of carbonyl (C=O) groups is 1. The average Bonchev–Trinajstić information content (AvgIpc) is 2.64. The molecule has 0 aliphatic carbocycles. The highest BCUT2D eigenvalue weighted by molar-refractivity contribution is 14.0. The number of rotatable bonds is 9. The minimum atomic E-state index is -0.499. The zero-order valence-electron chi connectivity index (χ0n) is 18.6. The van der Waals surface area contributed by atoms with Gasteiger partial charge >= 0.3 is 6.09 Å². The van der Waals surface area contributed by atoms with Gasteiger partial charge in [-0.1, -0.05) is 11.6 Å². The van der Waals surface area contributed by atoms with Crippen LogP contribution in [0, 0.1) is 0 Å². The highest BCUT2D eigenvalue weighted by Crippen LogP contribution is 2.36. The van der Waals surface area contributed by atoms with E-state index in [9.17, 15) is 4.79 Å². The fourth-order valence-electron chi connectivity index (χ4n) is 2.37. The number of methoxy groups -OCH3 is 1. The van der Waals surface area contributed by atoms with Crippen LogP contribution in [-0.4, -0.2) is 51.5 Å². The van der Waals surface area contributed by atoms with Crippen molar-refractivity contribution in [1.29, 1.82) is 0 Å². The van der Waals surface area contributed by atoms with E-state index in [0.717, 1.165) is 12.0 Å². The minimum Gasteiger partial charge on any atom is -0.493 e. The van der Waals surface area contributed by atoms with Crippen LogP contribution in [0.5, 0.6) is 11.5 Å². The molecule has 0 radical (unpaired) electrons. The number of carbonyl (C=O) groups excluding carboxylic acids is 1. The lowest BCUT2D eigenvalue weighted by Gasteiger charge is -2.19. The molecule has 0 spiro atoms. The number of amides is 1. The lowest BCUT2D eigenvalue weighted by Crippen LogP contribution is -2.39. The molecule has 0 bridgehead atoms. The maximum atomic E-state index is 11.6. The first-order chi connectivity index (χ1) is 13.7. The first kappa shape index (κ1) is 28.4. The van der Waals surface area contributed by atoms with Crippen LogP contribution < -0.4 is 25.4 Å². The van der Waals surface area contributed by atoms with Crippen LogP contribution in [0.1, 0.15) is 39.7 Å². The van der Waals surface area contributed by atoms with Crippen LogP contribution in [0.4, 0.5) is 4.79 Å². The summed E-state index contributed by atoms with van der Waals surface area (Å²) >= 11 is 6.30. The lowest BCUT2D eigenvalue weighted by molar-refractivity contribution is 0.0527. The van der Waals surface area contributed by atoms with E-state index in [0.29, 0.717) is 48.7 Å². The molecule has 172 valence electrons. The predicted octanol–water partition coefficient (Wildman–Crippen LogP) is 3.95. The van der Waals surface area contributed by atoms with Crippen molar-refractivity contribution >= 4 is 47.6 Å². The molecule has 0 fully saturated rings. The summed E-state index contributed by atoms with van der Waals surface area (Å²) in [5.41, 5.74) is 0.436. The van der Waals surface area contributed by atoms with Crippen molar-refractivity contribution in [2.24, 2.45) is 4.99 Å². The molecule has 3 N–H and O–H groups in total. The first-order valence-electron chi connectivity index (χ1n) is 9.60. The summed E-state index contributed by atoms with van der Waals surface area (Å²) in [6.07, 6.45) is 0.309. The molecule has 0 unspecified atom stereocenters. The van der Waals surface area contributed by atoms with Gasteiger partial charge in [0, 0.05) is 26.7 Å². The van der Waals surface area contributed by atoms with Gasteiger partial charge in [0.15, 0.2) is 17.5 Å². The molecule has 10 heteroatoms. The Balaban J connectivity index is 0.00000841. The van der Waals surface area contributed by atoms with Crippen LogP contribution in [0.2, 0.25) is 5.02 Å². The van der Waals surface area contributed by atoms with Crippen LogP contribution in [-0.2, 0) is 11.3 Å². The maximum Gasteiger partial charge on any atom is 0.407 e. The van der Waals surface area contributed by atoms with Gasteiger partial charge < -0.3 is 30.2 Å². The van der Waals surface area contributed by atoms with Gasteiger partial charge in [-0.3, -0.25) is 4.99 Å². The summed E-state index contributed by atoms with van der Waals surface area (Å²) in [6, 6.07) is 3.71. The normalized spacial score (nSPS) is 11.2. The summed E-state index contributed by atoms with van der Waals surface area (Å²) in [4.78, 5) is 15.8. The van der Waals surface area contributed by atoms with Crippen molar-refractivity contribution in [1.82, 2.24) is 16.0 Å². The Morgan fingerprint density at radius 2 is 1.83 bits per heavy atom. The molecule has 30 heavy (non-hydrogen) atoms. The zero-order valence-corrected chi connectivity index (χ0v) is 21.6. The molecule has 0 aromatic heterocycles.